The van der Waals surface area contributed by atoms with Gasteiger partial charge in [-0.3, -0.25) is 0 Å². The minimum absolute atomic E-state index is 0.425. The van der Waals surface area contributed by atoms with Crippen LogP contribution in [0.1, 0.15) is 27.2 Å². The molecule has 0 heterocycles. The molecule has 0 aliphatic rings. The number of hydrogen-bond donors (Lipinski definition) is 0. The van der Waals surface area contributed by atoms with Crippen molar-refractivity contribution in [2.24, 2.45) is 5.41 Å². The summed E-state index contributed by atoms with van der Waals surface area (Å²) in [5, 5.41) is 1.52. The first-order valence-corrected chi connectivity index (χ1v) is 7.29. The van der Waals surface area contributed by atoms with E-state index in [2.05, 4.69) is 63.3 Å². The summed E-state index contributed by atoms with van der Waals surface area (Å²) in [6.07, 6.45) is 1.21. The van der Waals surface area contributed by atoms with Crippen molar-refractivity contribution < 1.29 is 0 Å². The molecule has 1 aromatic carbocycles. The fourth-order valence-electron chi connectivity index (χ4n) is 1.28. The van der Waals surface area contributed by atoms with Crippen molar-refractivity contribution in [2.75, 3.05) is 0 Å². The molecule has 0 aliphatic heterocycles. The first-order chi connectivity index (χ1) is 6.49. The van der Waals surface area contributed by atoms with Gasteiger partial charge in [-0.05, 0) is 17.0 Å². The molecule has 0 radical (unpaired) electrons. The molecular formula is C13H20Si. The van der Waals surface area contributed by atoms with E-state index < -0.39 is 8.41 Å². The van der Waals surface area contributed by atoms with Crippen LogP contribution in [0.4, 0.5) is 0 Å². The SMILES string of the molecule is C[Si](=CCC(C)(C)C)c1ccccc1. The minimum Gasteiger partial charge on any atom is -0.0991 e. The van der Waals surface area contributed by atoms with Crippen LogP contribution < -0.4 is 5.19 Å². The Kier molecular flexibility index (Phi) is 3.82. The lowest BCUT2D eigenvalue weighted by Gasteiger charge is -2.15. The third-order valence-corrected chi connectivity index (χ3v) is 4.31. The molecule has 0 spiro atoms. The predicted octanol–water partition coefficient (Wildman–Crippen LogP) is 2.84. The van der Waals surface area contributed by atoms with Crippen LogP contribution in [0.15, 0.2) is 30.3 Å². The highest BCUT2D eigenvalue weighted by atomic mass is 28.2. The number of rotatable bonds is 2. The van der Waals surface area contributed by atoms with Crippen LogP contribution >= 0.6 is 0 Å². The van der Waals surface area contributed by atoms with Gasteiger partial charge in [0, 0.05) is 8.41 Å². The third-order valence-electron chi connectivity index (χ3n) is 2.25. The van der Waals surface area contributed by atoms with Crippen molar-refractivity contribution >= 4 is 19.3 Å². The van der Waals surface area contributed by atoms with E-state index in [4.69, 9.17) is 0 Å². The second-order valence-electron chi connectivity index (χ2n) is 5.02. The molecule has 1 aromatic rings. The van der Waals surface area contributed by atoms with Gasteiger partial charge < -0.3 is 0 Å². The van der Waals surface area contributed by atoms with Gasteiger partial charge >= 0.3 is 0 Å². The molecule has 76 valence electrons. The second kappa shape index (κ2) is 4.69. The maximum atomic E-state index is 2.51. The van der Waals surface area contributed by atoms with Crippen molar-refractivity contribution in [1.82, 2.24) is 0 Å². The largest absolute Gasteiger partial charge is 0.0991 e. The van der Waals surface area contributed by atoms with Crippen LogP contribution in [0.25, 0.3) is 0 Å². The van der Waals surface area contributed by atoms with Gasteiger partial charge in [-0.1, -0.05) is 63.3 Å². The molecule has 0 bridgehead atoms. The van der Waals surface area contributed by atoms with Gasteiger partial charge in [0.15, 0.2) is 0 Å². The molecular weight excluding hydrogens is 184 g/mol. The minimum atomic E-state index is -0.425. The summed E-state index contributed by atoms with van der Waals surface area (Å²) in [6, 6.07) is 10.8. The van der Waals surface area contributed by atoms with E-state index in [1.54, 1.807) is 0 Å². The zero-order valence-corrected chi connectivity index (χ0v) is 10.7. The van der Waals surface area contributed by atoms with Crippen LogP contribution in [0.3, 0.4) is 0 Å². The molecule has 1 rings (SSSR count). The Morgan fingerprint density at radius 2 is 1.71 bits per heavy atom. The first-order valence-electron chi connectivity index (χ1n) is 5.21. The Bertz CT molecular complexity index is 304. The third kappa shape index (κ3) is 4.01. The van der Waals surface area contributed by atoms with Gasteiger partial charge in [0.2, 0.25) is 0 Å². The van der Waals surface area contributed by atoms with Crippen LogP contribution in [-0.4, -0.2) is 14.1 Å². The van der Waals surface area contributed by atoms with Crippen LogP contribution in [0.5, 0.6) is 0 Å². The number of benzene rings is 1. The zero-order valence-electron chi connectivity index (χ0n) is 9.67. The monoisotopic (exact) mass is 204 g/mol. The van der Waals surface area contributed by atoms with Gasteiger partial charge in [-0.2, -0.15) is 0 Å². The lowest BCUT2D eigenvalue weighted by molar-refractivity contribution is 0.439. The highest BCUT2D eigenvalue weighted by Crippen LogP contribution is 2.15. The summed E-state index contributed by atoms with van der Waals surface area (Å²) in [5.74, 6) is 0. The average molecular weight is 204 g/mol. The van der Waals surface area contributed by atoms with Crippen molar-refractivity contribution in [3.05, 3.63) is 30.3 Å². The molecule has 14 heavy (non-hydrogen) atoms. The van der Waals surface area contributed by atoms with Gasteiger partial charge in [0.05, 0.1) is 0 Å². The lowest BCUT2D eigenvalue weighted by atomic mass is 9.94. The maximum absolute atomic E-state index is 2.51. The zero-order chi connectivity index (χ0) is 10.6. The second-order valence-corrected chi connectivity index (χ2v) is 7.37. The molecule has 0 amide bonds. The van der Waals surface area contributed by atoms with Crippen molar-refractivity contribution in [1.29, 1.82) is 0 Å². The molecule has 0 fully saturated rings. The van der Waals surface area contributed by atoms with Crippen molar-refractivity contribution in [3.63, 3.8) is 0 Å². The molecule has 0 aromatic heterocycles. The summed E-state index contributed by atoms with van der Waals surface area (Å²) in [7, 11) is -0.425. The van der Waals surface area contributed by atoms with E-state index in [1.165, 1.54) is 11.6 Å². The summed E-state index contributed by atoms with van der Waals surface area (Å²) in [5.41, 5.74) is 2.95. The van der Waals surface area contributed by atoms with Gasteiger partial charge in [-0.15, -0.1) is 0 Å². The lowest BCUT2D eigenvalue weighted by Crippen LogP contribution is -2.21. The maximum Gasteiger partial charge on any atom is 0.0384 e. The quantitative estimate of drug-likeness (QED) is 0.650. The highest BCUT2D eigenvalue weighted by molar-refractivity contribution is 6.77. The van der Waals surface area contributed by atoms with Gasteiger partial charge in [0.1, 0.15) is 0 Å². The Hall–Kier alpha value is -0.693. The molecule has 0 aliphatic carbocycles. The Morgan fingerprint density at radius 1 is 1.14 bits per heavy atom. The fraction of sp³-hybridized carbons (Fsp3) is 0.462. The van der Waals surface area contributed by atoms with E-state index in [1.807, 2.05) is 0 Å². The van der Waals surface area contributed by atoms with Crippen molar-refractivity contribution in [3.8, 4) is 0 Å². The smallest absolute Gasteiger partial charge is 0.0384 e. The van der Waals surface area contributed by atoms with Crippen LogP contribution in [0, 0.1) is 5.41 Å². The Morgan fingerprint density at radius 3 is 2.21 bits per heavy atom. The predicted molar refractivity (Wildman–Crippen MR) is 67.8 cm³/mol. The summed E-state index contributed by atoms with van der Waals surface area (Å²) >= 11 is 0. The van der Waals surface area contributed by atoms with Crippen molar-refractivity contribution in [2.45, 2.75) is 33.7 Å². The molecule has 1 heteroatoms. The summed E-state index contributed by atoms with van der Waals surface area (Å²) in [4.78, 5) is 0. The highest BCUT2D eigenvalue weighted by Gasteiger charge is 2.07. The fourth-order valence-corrected chi connectivity index (χ4v) is 3.15. The number of hydrogen-bond acceptors (Lipinski definition) is 0. The Labute approximate surface area is 89.2 Å². The normalized spacial score (nSPS) is 13.0. The Balaban J connectivity index is 2.71. The molecule has 0 saturated heterocycles. The van der Waals surface area contributed by atoms with Crippen LogP contribution in [0.2, 0.25) is 6.55 Å². The van der Waals surface area contributed by atoms with E-state index >= 15 is 0 Å². The molecule has 0 N–H and O–H groups in total. The average Bonchev–Trinajstić information content (AvgIpc) is 2.14. The summed E-state index contributed by atoms with van der Waals surface area (Å²) in [6.45, 7) is 9.25. The first kappa shape index (κ1) is 11.4. The van der Waals surface area contributed by atoms with E-state index in [0.29, 0.717) is 5.41 Å². The van der Waals surface area contributed by atoms with Gasteiger partial charge in [-0.25, -0.2) is 0 Å². The molecule has 0 saturated carbocycles. The molecule has 0 nitrogen and oxygen atoms in total. The van der Waals surface area contributed by atoms with E-state index in [9.17, 15) is 0 Å². The summed E-state index contributed by atoms with van der Waals surface area (Å²) < 4.78 is 0. The van der Waals surface area contributed by atoms with E-state index in [-0.39, 0.29) is 0 Å². The van der Waals surface area contributed by atoms with Gasteiger partial charge in [0.25, 0.3) is 0 Å². The van der Waals surface area contributed by atoms with E-state index in [0.717, 1.165) is 0 Å². The standard InChI is InChI=1S/C13H20Si/c1-13(2,3)10-11-14(4)12-8-6-5-7-9-12/h5-9,11H,10H2,1-4H3. The molecule has 0 unspecified atom stereocenters. The van der Waals surface area contributed by atoms with Crippen LogP contribution in [-0.2, 0) is 0 Å². The molecule has 0 atom stereocenters. The topological polar surface area (TPSA) is 0 Å².